The van der Waals surface area contributed by atoms with E-state index in [1.165, 1.54) is 11.7 Å². The standard InChI is InChI=1S/C21H25N5O2S/c1-14-7-9-26(13-16-4-3-8-22-11-16)21(28)19(14)20(27)25(2)12-15-5-6-17-18(10-15)24-29-23-17/h5-7,9-10,16,22H,3-4,8,11-13H2,1-2H3. The van der Waals surface area contributed by atoms with Crippen LogP contribution in [-0.2, 0) is 13.1 Å². The van der Waals surface area contributed by atoms with E-state index in [-0.39, 0.29) is 17.0 Å². The highest BCUT2D eigenvalue weighted by atomic mass is 32.1. The fourth-order valence-electron chi connectivity index (χ4n) is 3.89. The van der Waals surface area contributed by atoms with Gasteiger partial charge in [-0.25, -0.2) is 0 Å². The number of fused-ring (bicyclic) bond motifs is 1. The molecule has 1 fully saturated rings. The molecule has 0 bridgehead atoms. The minimum atomic E-state index is -0.250. The summed E-state index contributed by atoms with van der Waals surface area (Å²) in [6.07, 6.45) is 4.04. The lowest BCUT2D eigenvalue weighted by Gasteiger charge is -2.24. The molecule has 1 aliphatic heterocycles. The Kier molecular flexibility index (Phi) is 5.73. The van der Waals surface area contributed by atoms with Crippen LogP contribution in [0.3, 0.4) is 0 Å². The molecule has 1 atom stereocenters. The van der Waals surface area contributed by atoms with Crippen molar-refractivity contribution in [1.29, 1.82) is 0 Å². The Balaban J connectivity index is 1.54. The number of amides is 1. The maximum Gasteiger partial charge on any atom is 0.263 e. The highest BCUT2D eigenvalue weighted by molar-refractivity contribution is 7.00. The van der Waals surface area contributed by atoms with Gasteiger partial charge in [0.25, 0.3) is 11.5 Å². The lowest BCUT2D eigenvalue weighted by atomic mass is 9.99. The number of hydrogen-bond donors (Lipinski definition) is 1. The van der Waals surface area contributed by atoms with Crippen LogP contribution in [0.2, 0.25) is 0 Å². The van der Waals surface area contributed by atoms with Gasteiger partial charge in [0.15, 0.2) is 0 Å². The highest BCUT2D eigenvalue weighted by Crippen LogP contribution is 2.16. The molecule has 7 nitrogen and oxygen atoms in total. The van der Waals surface area contributed by atoms with E-state index in [2.05, 4.69) is 14.1 Å². The SMILES string of the molecule is Cc1ccn(CC2CCCNC2)c(=O)c1C(=O)N(C)Cc1ccc2nsnc2c1. The molecule has 0 aliphatic carbocycles. The predicted molar refractivity (Wildman–Crippen MR) is 114 cm³/mol. The Morgan fingerprint density at radius 2 is 2.14 bits per heavy atom. The normalized spacial score (nSPS) is 16.8. The summed E-state index contributed by atoms with van der Waals surface area (Å²) in [5.74, 6) is 0.170. The zero-order chi connectivity index (χ0) is 20.4. The topological polar surface area (TPSA) is 80.1 Å². The van der Waals surface area contributed by atoms with E-state index in [1.807, 2.05) is 37.4 Å². The zero-order valence-corrected chi connectivity index (χ0v) is 17.5. The number of carbonyl (C=O) groups is 1. The Labute approximate surface area is 173 Å². The van der Waals surface area contributed by atoms with Crippen molar-refractivity contribution in [1.82, 2.24) is 23.5 Å². The number of hydrogen-bond acceptors (Lipinski definition) is 6. The van der Waals surface area contributed by atoms with Crippen molar-refractivity contribution in [3.63, 3.8) is 0 Å². The summed E-state index contributed by atoms with van der Waals surface area (Å²) in [6.45, 7) is 4.83. The van der Waals surface area contributed by atoms with Crippen LogP contribution in [-0.4, -0.2) is 44.3 Å². The van der Waals surface area contributed by atoms with Gasteiger partial charge in [-0.2, -0.15) is 8.75 Å². The maximum absolute atomic E-state index is 13.1. The highest BCUT2D eigenvalue weighted by Gasteiger charge is 2.21. The number of nitrogens with one attached hydrogen (secondary N) is 1. The molecule has 2 aromatic heterocycles. The Morgan fingerprint density at radius 3 is 2.93 bits per heavy atom. The maximum atomic E-state index is 13.1. The fourth-order valence-corrected chi connectivity index (χ4v) is 4.41. The summed E-state index contributed by atoms with van der Waals surface area (Å²) in [5, 5.41) is 3.38. The van der Waals surface area contributed by atoms with E-state index in [9.17, 15) is 9.59 Å². The number of nitrogens with zero attached hydrogens (tertiary/aromatic N) is 4. The van der Waals surface area contributed by atoms with Crippen molar-refractivity contribution in [2.24, 2.45) is 5.92 Å². The lowest BCUT2D eigenvalue weighted by molar-refractivity contribution is 0.0781. The first-order valence-electron chi connectivity index (χ1n) is 9.90. The second-order valence-electron chi connectivity index (χ2n) is 7.79. The summed E-state index contributed by atoms with van der Waals surface area (Å²) in [5.41, 5.74) is 3.41. The second kappa shape index (κ2) is 8.42. The number of piperidine rings is 1. The van der Waals surface area contributed by atoms with Crippen LogP contribution in [0.1, 0.15) is 34.3 Å². The van der Waals surface area contributed by atoms with E-state index < -0.39 is 0 Å². The number of aryl methyl sites for hydroxylation is 1. The lowest BCUT2D eigenvalue weighted by Crippen LogP contribution is -2.38. The van der Waals surface area contributed by atoms with Crippen molar-refractivity contribution >= 4 is 28.7 Å². The molecule has 1 saturated heterocycles. The van der Waals surface area contributed by atoms with E-state index in [0.717, 1.165) is 42.5 Å². The second-order valence-corrected chi connectivity index (χ2v) is 8.32. The van der Waals surface area contributed by atoms with Gasteiger partial charge < -0.3 is 14.8 Å². The van der Waals surface area contributed by atoms with Crippen molar-refractivity contribution in [2.75, 3.05) is 20.1 Å². The first-order valence-corrected chi connectivity index (χ1v) is 10.6. The van der Waals surface area contributed by atoms with Crippen molar-refractivity contribution in [3.05, 3.63) is 57.5 Å². The molecule has 3 heterocycles. The molecule has 8 heteroatoms. The van der Waals surface area contributed by atoms with Crippen molar-refractivity contribution in [3.8, 4) is 0 Å². The average Bonchev–Trinajstić information content (AvgIpc) is 3.19. The van der Waals surface area contributed by atoms with Gasteiger partial charge in [0.05, 0.1) is 11.7 Å². The van der Waals surface area contributed by atoms with Crippen molar-refractivity contribution in [2.45, 2.75) is 32.9 Å². The van der Waals surface area contributed by atoms with Gasteiger partial charge in [0.2, 0.25) is 0 Å². The third kappa shape index (κ3) is 4.23. The first kappa shape index (κ1) is 19.7. The van der Waals surface area contributed by atoms with E-state index in [1.54, 1.807) is 16.5 Å². The van der Waals surface area contributed by atoms with Crippen LogP contribution in [0, 0.1) is 12.8 Å². The first-order chi connectivity index (χ1) is 14.0. The van der Waals surface area contributed by atoms with Crippen LogP contribution in [0.25, 0.3) is 11.0 Å². The summed E-state index contributed by atoms with van der Waals surface area (Å²) in [6, 6.07) is 7.66. The molecule has 0 spiro atoms. The molecular weight excluding hydrogens is 386 g/mol. The predicted octanol–water partition coefficient (Wildman–Crippen LogP) is 2.43. The Morgan fingerprint density at radius 1 is 1.31 bits per heavy atom. The fraction of sp³-hybridized carbons (Fsp3) is 0.429. The quantitative estimate of drug-likeness (QED) is 0.698. The average molecular weight is 412 g/mol. The summed E-state index contributed by atoms with van der Waals surface area (Å²) < 4.78 is 10.2. The largest absolute Gasteiger partial charge is 0.337 e. The number of aromatic nitrogens is 3. The molecule has 1 amide bonds. The monoisotopic (exact) mass is 411 g/mol. The molecule has 1 N–H and O–H groups in total. The van der Waals surface area contributed by atoms with Crippen molar-refractivity contribution < 1.29 is 4.79 Å². The number of rotatable bonds is 5. The molecule has 3 aromatic rings. The van der Waals surface area contributed by atoms with Gasteiger partial charge in [-0.05, 0) is 68.1 Å². The van der Waals surface area contributed by atoms with Gasteiger partial charge in [0.1, 0.15) is 16.6 Å². The van der Waals surface area contributed by atoms with Crippen LogP contribution < -0.4 is 10.9 Å². The molecule has 4 rings (SSSR count). The van der Waals surface area contributed by atoms with Crippen LogP contribution in [0.5, 0.6) is 0 Å². The van der Waals surface area contributed by atoms with Gasteiger partial charge in [-0.3, -0.25) is 9.59 Å². The molecule has 1 unspecified atom stereocenters. The van der Waals surface area contributed by atoms with Gasteiger partial charge in [-0.15, -0.1) is 0 Å². The third-order valence-corrected chi connectivity index (χ3v) is 6.08. The molecule has 1 aliphatic rings. The van der Waals surface area contributed by atoms with Gasteiger partial charge in [-0.1, -0.05) is 6.07 Å². The van der Waals surface area contributed by atoms with E-state index in [0.29, 0.717) is 24.6 Å². The van der Waals surface area contributed by atoms with Gasteiger partial charge in [0, 0.05) is 26.3 Å². The summed E-state index contributed by atoms with van der Waals surface area (Å²) in [7, 11) is 1.73. The Bertz CT molecular complexity index is 1080. The molecule has 0 saturated carbocycles. The van der Waals surface area contributed by atoms with Crippen LogP contribution >= 0.6 is 11.7 Å². The molecule has 0 radical (unpaired) electrons. The van der Waals surface area contributed by atoms with Crippen LogP contribution in [0.4, 0.5) is 0 Å². The smallest absolute Gasteiger partial charge is 0.263 e. The number of benzene rings is 1. The van der Waals surface area contributed by atoms with E-state index in [4.69, 9.17) is 0 Å². The molecule has 152 valence electrons. The van der Waals surface area contributed by atoms with Gasteiger partial charge >= 0.3 is 0 Å². The number of pyridine rings is 1. The third-order valence-electron chi connectivity index (χ3n) is 5.53. The number of carbonyl (C=O) groups excluding carboxylic acids is 1. The molecular formula is C21H25N5O2S. The van der Waals surface area contributed by atoms with E-state index >= 15 is 0 Å². The summed E-state index contributed by atoms with van der Waals surface area (Å²) in [4.78, 5) is 27.8. The Hall–Kier alpha value is -2.58. The zero-order valence-electron chi connectivity index (χ0n) is 16.7. The summed E-state index contributed by atoms with van der Waals surface area (Å²) >= 11 is 1.17. The minimum absolute atomic E-state index is 0.202. The van der Waals surface area contributed by atoms with Crippen LogP contribution in [0.15, 0.2) is 35.3 Å². The molecule has 29 heavy (non-hydrogen) atoms. The minimum Gasteiger partial charge on any atom is -0.337 e. The molecule has 1 aromatic carbocycles.